The first-order valence-electron chi connectivity index (χ1n) is 9.94. The summed E-state index contributed by atoms with van der Waals surface area (Å²) in [5, 5.41) is 0.509. The van der Waals surface area contributed by atoms with Crippen molar-refractivity contribution < 1.29 is 23.9 Å². The lowest BCUT2D eigenvalue weighted by molar-refractivity contribution is -0.122. The molecular weight excluding hydrogens is 418 g/mol. The van der Waals surface area contributed by atoms with E-state index in [-0.39, 0.29) is 35.0 Å². The number of ether oxygens (including phenoxy) is 1. The van der Waals surface area contributed by atoms with Gasteiger partial charge in [-0.25, -0.2) is 4.79 Å². The van der Waals surface area contributed by atoms with E-state index >= 15 is 0 Å². The lowest BCUT2D eigenvalue weighted by Crippen LogP contribution is -2.30. The van der Waals surface area contributed by atoms with E-state index < -0.39 is 12.6 Å². The number of carbonyl (C=O) groups is 4. The Hall–Kier alpha value is -3.25. The number of benzene rings is 2. The second-order valence-corrected chi connectivity index (χ2v) is 8.20. The largest absolute Gasteiger partial charge is 0.454 e. The zero-order valence-corrected chi connectivity index (χ0v) is 17.6. The molecule has 1 aliphatic heterocycles. The molecule has 4 rings (SSSR count). The molecule has 31 heavy (non-hydrogen) atoms. The molecule has 1 saturated heterocycles. The number of fused-ring (bicyclic) bond motifs is 1. The van der Waals surface area contributed by atoms with Crippen LogP contribution in [0.1, 0.15) is 40.5 Å². The van der Waals surface area contributed by atoms with Crippen LogP contribution in [0.15, 0.2) is 60.2 Å². The maximum absolute atomic E-state index is 12.8. The number of hydrogen-bond acceptors (Lipinski definition) is 5. The van der Waals surface area contributed by atoms with Crippen LogP contribution in [0.2, 0.25) is 5.02 Å². The van der Waals surface area contributed by atoms with Gasteiger partial charge in [0.1, 0.15) is 0 Å². The third-order valence-electron chi connectivity index (χ3n) is 5.68. The average molecular weight is 438 g/mol. The number of ketones is 1. The second kappa shape index (κ2) is 8.47. The molecule has 1 aliphatic carbocycles. The Morgan fingerprint density at radius 3 is 2.26 bits per heavy atom. The predicted molar refractivity (Wildman–Crippen MR) is 115 cm³/mol. The van der Waals surface area contributed by atoms with Gasteiger partial charge < -0.3 is 4.74 Å². The Kier molecular flexibility index (Phi) is 5.74. The molecule has 0 radical (unpaired) electrons. The minimum atomic E-state index is -0.665. The number of amides is 2. The molecule has 2 atom stereocenters. The Morgan fingerprint density at radius 1 is 0.968 bits per heavy atom. The lowest BCUT2D eigenvalue weighted by atomic mass is 9.82. The summed E-state index contributed by atoms with van der Waals surface area (Å²) >= 11 is 5.80. The van der Waals surface area contributed by atoms with E-state index in [0.29, 0.717) is 29.1 Å². The number of allylic oxidation sites excluding steroid dienone is 2. The molecule has 2 aromatic rings. The van der Waals surface area contributed by atoms with E-state index in [0.717, 1.165) is 5.57 Å². The van der Waals surface area contributed by atoms with Crippen molar-refractivity contribution in [2.24, 2.45) is 11.8 Å². The third-order valence-corrected chi connectivity index (χ3v) is 5.94. The van der Waals surface area contributed by atoms with Crippen molar-refractivity contribution in [3.05, 3.63) is 76.3 Å². The van der Waals surface area contributed by atoms with E-state index in [1.54, 1.807) is 36.4 Å². The van der Waals surface area contributed by atoms with Crippen molar-refractivity contribution in [2.45, 2.75) is 19.8 Å². The van der Waals surface area contributed by atoms with Crippen LogP contribution in [-0.2, 0) is 14.3 Å². The summed E-state index contributed by atoms with van der Waals surface area (Å²) in [7, 11) is 0. The minimum Gasteiger partial charge on any atom is -0.454 e. The van der Waals surface area contributed by atoms with Crippen molar-refractivity contribution in [3.63, 3.8) is 0 Å². The highest BCUT2D eigenvalue weighted by molar-refractivity contribution is 6.30. The molecule has 1 fully saturated rings. The summed E-state index contributed by atoms with van der Waals surface area (Å²) in [6.45, 7) is 1.57. The van der Waals surface area contributed by atoms with E-state index in [1.807, 2.05) is 13.0 Å². The van der Waals surface area contributed by atoms with Gasteiger partial charge in [-0.05, 0) is 68.3 Å². The molecule has 0 aromatic heterocycles. The number of hydrogen-bond donors (Lipinski definition) is 0. The van der Waals surface area contributed by atoms with Crippen molar-refractivity contribution in [3.8, 4) is 0 Å². The summed E-state index contributed by atoms with van der Waals surface area (Å²) in [5.41, 5.74) is 2.16. The lowest BCUT2D eigenvalue weighted by Gasteiger charge is -2.18. The number of rotatable bonds is 5. The van der Waals surface area contributed by atoms with Crippen LogP contribution < -0.4 is 4.90 Å². The number of esters is 1. The number of carbonyl (C=O) groups excluding carboxylic acids is 4. The normalized spacial score (nSPS) is 20.3. The topological polar surface area (TPSA) is 80.8 Å². The minimum absolute atomic E-state index is 0.202. The Bertz CT molecular complexity index is 1090. The monoisotopic (exact) mass is 437 g/mol. The van der Waals surface area contributed by atoms with E-state index in [1.165, 1.54) is 17.0 Å². The highest BCUT2D eigenvalue weighted by Gasteiger charge is 2.48. The standard InChI is InChI=1S/C24H20ClNO5/c1-14-2-11-19-20(12-14)23(29)26(22(19)28)18-9-5-16(6-10-18)24(30)31-13-21(27)15-3-7-17(25)8-4-15/h2-10,19-20H,11-13H2,1H3/t19-,20-/m0/s1. The first-order valence-corrected chi connectivity index (χ1v) is 10.3. The molecule has 2 amide bonds. The summed E-state index contributed by atoms with van der Waals surface area (Å²) in [5.74, 6) is -2.06. The van der Waals surface area contributed by atoms with Gasteiger partial charge in [0, 0.05) is 10.6 Å². The molecule has 6 nitrogen and oxygen atoms in total. The smallest absolute Gasteiger partial charge is 0.338 e. The molecular formula is C24H20ClNO5. The van der Waals surface area contributed by atoms with Gasteiger partial charge in [0.2, 0.25) is 11.8 Å². The van der Waals surface area contributed by atoms with E-state index in [9.17, 15) is 19.2 Å². The van der Waals surface area contributed by atoms with Crippen molar-refractivity contribution >= 4 is 40.9 Å². The zero-order chi connectivity index (χ0) is 22.1. The SMILES string of the molecule is CC1=CC[C@@H]2C(=O)N(c3ccc(C(=O)OCC(=O)c4ccc(Cl)cc4)cc3)C(=O)[C@H]2C1. The highest BCUT2D eigenvalue weighted by Crippen LogP contribution is 2.39. The molecule has 7 heteroatoms. The third kappa shape index (κ3) is 4.16. The fourth-order valence-electron chi connectivity index (χ4n) is 3.97. The van der Waals surface area contributed by atoms with Crippen LogP contribution in [0, 0.1) is 11.8 Å². The summed E-state index contributed by atoms with van der Waals surface area (Å²) in [6, 6.07) is 12.4. The average Bonchev–Trinajstić information content (AvgIpc) is 3.02. The van der Waals surface area contributed by atoms with Crippen molar-refractivity contribution in [1.29, 1.82) is 0 Å². The zero-order valence-electron chi connectivity index (χ0n) is 16.8. The molecule has 0 spiro atoms. The Balaban J connectivity index is 1.40. The first kappa shape index (κ1) is 21.0. The summed E-state index contributed by atoms with van der Waals surface area (Å²) in [6.07, 6.45) is 3.18. The molecule has 2 aliphatic rings. The Morgan fingerprint density at radius 2 is 1.58 bits per heavy atom. The van der Waals surface area contributed by atoms with Gasteiger partial charge in [-0.2, -0.15) is 0 Å². The number of anilines is 1. The fourth-order valence-corrected chi connectivity index (χ4v) is 4.10. The van der Waals surface area contributed by atoms with Crippen LogP contribution in [0.25, 0.3) is 0 Å². The summed E-state index contributed by atoms with van der Waals surface area (Å²) in [4.78, 5) is 51.2. The molecule has 0 bridgehead atoms. The van der Waals surface area contributed by atoms with Gasteiger partial charge in [0.25, 0.3) is 0 Å². The van der Waals surface area contributed by atoms with Gasteiger partial charge >= 0.3 is 5.97 Å². The van der Waals surface area contributed by atoms with Crippen molar-refractivity contribution in [2.75, 3.05) is 11.5 Å². The quantitative estimate of drug-likeness (QED) is 0.303. The molecule has 1 heterocycles. The maximum Gasteiger partial charge on any atom is 0.338 e. The number of Topliss-reactive ketones (excluding diaryl/α,β-unsaturated/α-hetero) is 1. The molecule has 0 saturated carbocycles. The van der Waals surface area contributed by atoms with Crippen LogP contribution >= 0.6 is 11.6 Å². The van der Waals surface area contributed by atoms with E-state index in [4.69, 9.17) is 16.3 Å². The van der Waals surface area contributed by atoms with Gasteiger partial charge in [-0.1, -0.05) is 23.3 Å². The van der Waals surface area contributed by atoms with Crippen molar-refractivity contribution in [1.82, 2.24) is 0 Å². The highest BCUT2D eigenvalue weighted by atomic mass is 35.5. The summed E-state index contributed by atoms with van der Waals surface area (Å²) < 4.78 is 5.10. The maximum atomic E-state index is 12.8. The number of imide groups is 1. The van der Waals surface area contributed by atoms with Crippen LogP contribution in [0.4, 0.5) is 5.69 Å². The van der Waals surface area contributed by atoms with Gasteiger partial charge in [-0.3, -0.25) is 19.3 Å². The second-order valence-electron chi connectivity index (χ2n) is 7.77. The molecule has 158 valence electrons. The van der Waals surface area contributed by atoms with Crippen LogP contribution in [-0.4, -0.2) is 30.2 Å². The van der Waals surface area contributed by atoms with Crippen LogP contribution in [0.3, 0.4) is 0 Å². The predicted octanol–water partition coefficient (Wildman–Crippen LogP) is 4.23. The van der Waals surface area contributed by atoms with Crippen LogP contribution in [0.5, 0.6) is 0 Å². The van der Waals surface area contributed by atoms with Gasteiger partial charge in [0.15, 0.2) is 12.4 Å². The first-order chi connectivity index (χ1) is 14.8. The fraction of sp³-hybridized carbons (Fsp3) is 0.250. The van der Waals surface area contributed by atoms with Gasteiger partial charge in [0.05, 0.1) is 23.1 Å². The molecule has 2 aromatic carbocycles. The number of halogens is 1. The Labute approximate surface area is 184 Å². The molecule has 0 unspecified atom stereocenters. The van der Waals surface area contributed by atoms with E-state index in [2.05, 4.69) is 0 Å². The molecule has 0 N–H and O–H groups in total. The van der Waals surface area contributed by atoms with Gasteiger partial charge in [-0.15, -0.1) is 0 Å². The number of nitrogens with zero attached hydrogens (tertiary/aromatic N) is 1.